The minimum Gasteiger partial charge on any atom is -0.495 e. The van der Waals surface area contributed by atoms with Gasteiger partial charge in [0.05, 0.1) is 12.7 Å². The summed E-state index contributed by atoms with van der Waals surface area (Å²) in [7, 11) is -1.19. The van der Waals surface area contributed by atoms with Crippen LogP contribution in [0, 0.1) is 0 Å². The lowest BCUT2D eigenvalue weighted by molar-refractivity contribution is -0.123. The van der Waals surface area contributed by atoms with Crippen LogP contribution in [0.1, 0.15) is 36.0 Å². The third-order valence-electron chi connectivity index (χ3n) is 4.40. The molecule has 1 aromatic rings. The molecular weight excluding hydrogens is 402 g/mol. The zero-order valence-corrected chi connectivity index (χ0v) is 17.2. The summed E-state index contributed by atoms with van der Waals surface area (Å²) in [6.07, 6.45) is 3.47. The van der Waals surface area contributed by atoms with Gasteiger partial charge in [0, 0.05) is 20.1 Å². The Balaban J connectivity index is 2.20. The number of methoxy groups -OCH3 is 1. The number of ether oxygens (including phenoxy) is 2. The van der Waals surface area contributed by atoms with E-state index in [2.05, 4.69) is 5.32 Å². The highest BCUT2D eigenvalue weighted by molar-refractivity contribution is 7.89. The number of carbonyl (C=O) groups is 3. The van der Waals surface area contributed by atoms with Crippen molar-refractivity contribution < 1.29 is 32.3 Å². The maximum atomic E-state index is 13.1. The number of esters is 1. The van der Waals surface area contributed by atoms with Crippen molar-refractivity contribution in [1.29, 1.82) is 0 Å². The Kier molecular flexibility index (Phi) is 7.97. The summed E-state index contributed by atoms with van der Waals surface area (Å²) in [6, 6.07) is 3.16. The smallest absolute Gasteiger partial charge is 0.338 e. The van der Waals surface area contributed by atoms with E-state index in [1.165, 1.54) is 36.7 Å². The number of benzene rings is 1. The van der Waals surface area contributed by atoms with Crippen molar-refractivity contribution in [3.63, 3.8) is 0 Å². The third-order valence-corrected chi connectivity index (χ3v) is 6.32. The van der Waals surface area contributed by atoms with E-state index in [0.29, 0.717) is 13.1 Å². The molecule has 0 spiro atoms. The van der Waals surface area contributed by atoms with E-state index in [1.54, 1.807) is 0 Å². The highest BCUT2D eigenvalue weighted by Crippen LogP contribution is 2.29. The Labute approximate surface area is 169 Å². The predicted molar refractivity (Wildman–Crippen MR) is 103 cm³/mol. The summed E-state index contributed by atoms with van der Waals surface area (Å²) in [5, 5.41) is 4.14. The van der Waals surface area contributed by atoms with Crippen LogP contribution in [0.2, 0.25) is 0 Å². The molecular formula is C18H25N3O7S. The lowest BCUT2D eigenvalue weighted by Crippen LogP contribution is -2.39. The number of sulfonamides is 1. The minimum atomic E-state index is -3.87. The van der Waals surface area contributed by atoms with Crippen molar-refractivity contribution in [1.82, 2.24) is 14.9 Å². The van der Waals surface area contributed by atoms with Gasteiger partial charge in [0.1, 0.15) is 10.6 Å². The van der Waals surface area contributed by atoms with E-state index in [1.807, 2.05) is 5.32 Å². The van der Waals surface area contributed by atoms with E-state index in [4.69, 9.17) is 9.47 Å². The quantitative estimate of drug-likeness (QED) is 0.644. The molecule has 1 aromatic carbocycles. The van der Waals surface area contributed by atoms with Crippen LogP contribution in [0.25, 0.3) is 0 Å². The Morgan fingerprint density at radius 2 is 1.76 bits per heavy atom. The van der Waals surface area contributed by atoms with Gasteiger partial charge < -0.3 is 14.8 Å². The molecule has 29 heavy (non-hydrogen) atoms. The van der Waals surface area contributed by atoms with Crippen molar-refractivity contribution in [2.45, 2.75) is 30.6 Å². The lowest BCUT2D eigenvalue weighted by atomic mass is 10.2. The zero-order valence-electron chi connectivity index (χ0n) is 16.4. The monoisotopic (exact) mass is 427 g/mol. The molecule has 2 N–H and O–H groups in total. The molecule has 160 valence electrons. The van der Waals surface area contributed by atoms with Crippen molar-refractivity contribution in [3.05, 3.63) is 23.8 Å². The van der Waals surface area contributed by atoms with Gasteiger partial charge in [0.15, 0.2) is 6.61 Å². The van der Waals surface area contributed by atoms with Gasteiger partial charge >= 0.3 is 12.0 Å². The van der Waals surface area contributed by atoms with E-state index < -0.39 is 34.5 Å². The SMILES string of the molecule is CNC(=O)NC(=O)COC(=O)c1ccc(OC)c(S(=O)(=O)N2CCCCCC2)c1. The summed E-state index contributed by atoms with van der Waals surface area (Å²) >= 11 is 0. The van der Waals surface area contributed by atoms with Gasteiger partial charge in [0.25, 0.3) is 5.91 Å². The van der Waals surface area contributed by atoms with Crippen LogP contribution in [-0.4, -0.2) is 64.5 Å². The highest BCUT2D eigenvalue weighted by atomic mass is 32.2. The summed E-state index contributed by atoms with van der Waals surface area (Å²) in [4.78, 5) is 34.7. The van der Waals surface area contributed by atoms with Crippen LogP contribution in [0.4, 0.5) is 4.79 Å². The van der Waals surface area contributed by atoms with E-state index >= 15 is 0 Å². The van der Waals surface area contributed by atoms with Crippen LogP contribution >= 0.6 is 0 Å². The van der Waals surface area contributed by atoms with E-state index in [0.717, 1.165) is 25.7 Å². The normalized spacial score (nSPS) is 15.1. The molecule has 0 unspecified atom stereocenters. The number of rotatable bonds is 6. The fraction of sp³-hybridized carbons (Fsp3) is 0.500. The first-order chi connectivity index (χ1) is 13.8. The molecule has 2 rings (SSSR count). The van der Waals surface area contributed by atoms with Gasteiger partial charge in [-0.05, 0) is 31.0 Å². The molecule has 10 nitrogen and oxygen atoms in total. The Bertz CT molecular complexity index is 862. The predicted octanol–water partition coefficient (Wildman–Crippen LogP) is 0.872. The van der Waals surface area contributed by atoms with Gasteiger partial charge in [-0.25, -0.2) is 18.0 Å². The molecule has 11 heteroatoms. The summed E-state index contributed by atoms with van der Waals surface area (Å²) in [5.41, 5.74) is -0.0491. The first-order valence-corrected chi connectivity index (χ1v) is 10.6. The molecule has 3 amide bonds. The van der Waals surface area contributed by atoms with Crippen LogP contribution in [-0.2, 0) is 19.6 Å². The molecule has 1 aliphatic heterocycles. The fourth-order valence-corrected chi connectivity index (χ4v) is 4.56. The maximum absolute atomic E-state index is 13.1. The number of nitrogens with one attached hydrogen (secondary N) is 2. The molecule has 0 radical (unpaired) electrons. The molecule has 0 saturated carbocycles. The number of amides is 3. The average molecular weight is 427 g/mol. The van der Waals surface area contributed by atoms with Crippen LogP contribution in [0.5, 0.6) is 5.75 Å². The van der Waals surface area contributed by atoms with Gasteiger partial charge in [-0.2, -0.15) is 4.31 Å². The zero-order chi connectivity index (χ0) is 21.4. The highest BCUT2D eigenvalue weighted by Gasteiger charge is 2.29. The Morgan fingerprint density at radius 1 is 1.10 bits per heavy atom. The molecule has 1 saturated heterocycles. The molecule has 0 atom stereocenters. The van der Waals surface area contributed by atoms with Crippen LogP contribution < -0.4 is 15.4 Å². The van der Waals surface area contributed by atoms with Crippen molar-refractivity contribution in [2.75, 3.05) is 33.9 Å². The molecule has 1 fully saturated rings. The van der Waals surface area contributed by atoms with E-state index in [9.17, 15) is 22.8 Å². The van der Waals surface area contributed by atoms with Crippen molar-refractivity contribution >= 4 is 27.9 Å². The topological polar surface area (TPSA) is 131 Å². The number of carbonyl (C=O) groups excluding carboxylic acids is 3. The van der Waals surface area contributed by atoms with Crippen molar-refractivity contribution in [3.8, 4) is 5.75 Å². The minimum absolute atomic E-state index is 0.0491. The summed E-state index contributed by atoms with van der Waals surface area (Å²) in [6.45, 7) is 0.117. The molecule has 1 heterocycles. The summed E-state index contributed by atoms with van der Waals surface area (Å²) in [5.74, 6) is -1.60. The number of imide groups is 1. The lowest BCUT2D eigenvalue weighted by Gasteiger charge is -2.21. The van der Waals surface area contributed by atoms with E-state index in [-0.39, 0.29) is 16.2 Å². The van der Waals surface area contributed by atoms with Crippen LogP contribution in [0.15, 0.2) is 23.1 Å². The number of hydrogen-bond donors (Lipinski definition) is 2. The van der Waals surface area contributed by atoms with Gasteiger partial charge in [-0.15, -0.1) is 0 Å². The summed E-state index contributed by atoms with van der Waals surface area (Å²) < 4.78 is 37.6. The second-order valence-electron chi connectivity index (χ2n) is 6.39. The number of urea groups is 1. The molecule has 0 aliphatic carbocycles. The Hall–Kier alpha value is -2.66. The second-order valence-corrected chi connectivity index (χ2v) is 8.29. The molecule has 1 aliphatic rings. The molecule has 0 bridgehead atoms. The molecule has 0 aromatic heterocycles. The number of nitrogens with zero attached hydrogens (tertiary/aromatic N) is 1. The second kappa shape index (κ2) is 10.2. The fourth-order valence-electron chi connectivity index (χ4n) is 2.87. The van der Waals surface area contributed by atoms with Crippen LogP contribution in [0.3, 0.4) is 0 Å². The largest absolute Gasteiger partial charge is 0.495 e. The third kappa shape index (κ3) is 5.91. The standard InChI is InChI=1S/C18H25N3O7S/c1-19-18(24)20-16(22)12-28-17(23)13-7-8-14(27-2)15(11-13)29(25,26)21-9-5-3-4-6-10-21/h7-8,11H,3-6,9-10,12H2,1-2H3,(H2,19,20,22,24). The van der Waals surface area contributed by atoms with Crippen molar-refractivity contribution in [2.24, 2.45) is 0 Å². The van der Waals surface area contributed by atoms with Gasteiger partial charge in [-0.1, -0.05) is 12.8 Å². The average Bonchev–Trinajstić information content (AvgIpc) is 3.01. The number of hydrogen-bond acceptors (Lipinski definition) is 7. The first-order valence-electron chi connectivity index (χ1n) is 9.16. The Morgan fingerprint density at radius 3 is 2.34 bits per heavy atom. The van der Waals surface area contributed by atoms with Gasteiger partial charge in [-0.3, -0.25) is 10.1 Å². The van der Waals surface area contributed by atoms with Gasteiger partial charge in [0.2, 0.25) is 10.0 Å². The maximum Gasteiger partial charge on any atom is 0.338 e. The first kappa shape index (κ1) is 22.6.